The molecule has 1 amide bonds. The Balaban J connectivity index is 1.43. The van der Waals surface area contributed by atoms with E-state index in [1.54, 1.807) is 19.9 Å². The molecule has 1 unspecified atom stereocenters. The summed E-state index contributed by atoms with van der Waals surface area (Å²) in [6.45, 7) is 2.62. The van der Waals surface area contributed by atoms with Gasteiger partial charge >= 0.3 is 12.1 Å². The van der Waals surface area contributed by atoms with Crippen LogP contribution in [0.15, 0.2) is 24.4 Å². The molecule has 3 fully saturated rings. The third kappa shape index (κ3) is 6.40. The van der Waals surface area contributed by atoms with E-state index >= 15 is 4.39 Å². The highest BCUT2D eigenvalue weighted by Crippen LogP contribution is 2.66. The number of hydrogen-bond donors (Lipinski definition) is 1. The molecule has 1 spiro atoms. The van der Waals surface area contributed by atoms with Crippen LogP contribution in [0, 0.1) is 10.8 Å². The molecule has 3 aliphatic rings. The van der Waals surface area contributed by atoms with Crippen molar-refractivity contribution in [1.29, 1.82) is 0 Å². The Morgan fingerprint density at radius 2 is 1.77 bits per heavy atom. The quantitative estimate of drug-likeness (QED) is 0.227. The Morgan fingerprint density at radius 3 is 2.30 bits per heavy atom. The number of esters is 1. The second-order valence-corrected chi connectivity index (χ2v) is 13.5. The van der Waals surface area contributed by atoms with E-state index in [-0.39, 0.29) is 53.3 Å². The number of ether oxygens (including phenoxy) is 1. The standard InChI is InChI=1S/C30H35Cl2F4N3O4/c1-3-43-26(42)27(2)9-7-18(8-10-27)39-24(30(34,35)36)19(13-37-39)25(41)38(17-29(33)15-28(16-29)11-12-28)14-22(40)23-20(31)5-4-6-21(23)32/h4-6,13,18,22,40H,3,7-12,14-17H2,1-2H3/t18-,22?,27-. The van der Waals surface area contributed by atoms with Gasteiger partial charge in [0.15, 0.2) is 5.69 Å². The maximum atomic E-state index is 15.8. The van der Waals surface area contributed by atoms with Crippen molar-refractivity contribution in [3.63, 3.8) is 0 Å². The van der Waals surface area contributed by atoms with Crippen LogP contribution in [0.4, 0.5) is 17.6 Å². The van der Waals surface area contributed by atoms with Gasteiger partial charge < -0.3 is 14.7 Å². The molecule has 3 aliphatic carbocycles. The van der Waals surface area contributed by atoms with Crippen LogP contribution in [0.1, 0.15) is 99.0 Å². The second-order valence-electron chi connectivity index (χ2n) is 12.7. The molecule has 5 rings (SSSR count). The van der Waals surface area contributed by atoms with Gasteiger partial charge in [-0.1, -0.05) is 29.3 Å². The summed E-state index contributed by atoms with van der Waals surface area (Å²) in [5.41, 5.74) is -4.56. The summed E-state index contributed by atoms with van der Waals surface area (Å²) in [6.07, 6.45) is -2.38. The highest BCUT2D eigenvalue weighted by molar-refractivity contribution is 6.36. The third-order valence-electron chi connectivity index (χ3n) is 9.30. The number of rotatable bonds is 9. The lowest BCUT2D eigenvalue weighted by atomic mass is 9.69. The molecule has 1 heterocycles. The first-order valence-corrected chi connectivity index (χ1v) is 15.3. The van der Waals surface area contributed by atoms with Crippen molar-refractivity contribution < 1.29 is 37.0 Å². The molecule has 43 heavy (non-hydrogen) atoms. The van der Waals surface area contributed by atoms with Crippen LogP contribution >= 0.6 is 23.2 Å². The minimum Gasteiger partial charge on any atom is -0.466 e. The van der Waals surface area contributed by atoms with E-state index in [4.69, 9.17) is 27.9 Å². The molecule has 0 aliphatic heterocycles. The predicted octanol–water partition coefficient (Wildman–Crippen LogP) is 7.35. The lowest BCUT2D eigenvalue weighted by molar-refractivity contribution is -0.157. The van der Waals surface area contributed by atoms with Gasteiger partial charge in [0.05, 0.1) is 49.0 Å². The summed E-state index contributed by atoms with van der Waals surface area (Å²) in [5, 5.41) is 15.3. The Bertz CT molecular complexity index is 1360. The molecule has 0 saturated heterocycles. The third-order valence-corrected chi connectivity index (χ3v) is 9.95. The molecular weight excluding hydrogens is 613 g/mol. The monoisotopic (exact) mass is 647 g/mol. The molecule has 7 nitrogen and oxygen atoms in total. The summed E-state index contributed by atoms with van der Waals surface area (Å²) in [5.74, 6) is -1.49. The van der Waals surface area contributed by atoms with E-state index in [1.165, 1.54) is 12.1 Å². The number of benzene rings is 1. The lowest BCUT2D eigenvalue weighted by Gasteiger charge is -2.45. The van der Waals surface area contributed by atoms with Crippen LogP contribution in [0.2, 0.25) is 10.0 Å². The number of carbonyl (C=O) groups excluding carboxylic acids is 2. The molecular formula is C30H35Cl2F4N3O4. The zero-order valence-electron chi connectivity index (χ0n) is 24.0. The van der Waals surface area contributed by atoms with E-state index in [1.807, 2.05) is 0 Å². The van der Waals surface area contributed by atoms with E-state index < -0.39 is 65.6 Å². The van der Waals surface area contributed by atoms with Crippen molar-refractivity contribution in [3.8, 4) is 0 Å². The van der Waals surface area contributed by atoms with Crippen LogP contribution < -0.4 is 0 Å². The van der Waals surface area contributed by atoms with Gasteiger partial charge in [-0.15, -0.1) is 0 Å². The number of amides is 1. The van der Waals surface area contributed by atoms with Crippen LogP contribution in [-0.2, 0) is 15.7 Å². The van der Waals surface area contributed by atoms with Gasteiger partial charge in [-0.2, -0.15) is 18.3 Å². The van der Waals surface area contributed by atoms with Gasteiger partial charge in [-0.25, -0.2) is 4.39 Å². The first-order chi connectivity index (χ1) is 20.1. The van der Waals surface area contributed by atoms with Crippen molar-refractivity contribution in [3.05, 3.63) is 51.3 Å². The highest BCUT2D eigenvalue weighted by atomic mass is 35.5. The van der Waals surface area contributed by atoms with Crippen molar-refractivity contribution in [1.82, 2.24) is 14.7 Å². The van der Waals surface area contributed by atoms with Gasteiger partial charge in [0.2, 0.25) is 0 Å². The fraction of sp³-hybridized carbons (Fsp3) is 0.633. The summed E-state index contributed by atoms with van der Waals surface area (Å²) in [4.78, 5) is 27.2. The SMILES string of the molecule is CCOC(=O)[C@]1(C)CC[C@@H](n2ncc(C(=O)N(CC(O)c3c(Cl)cccc3Cl)CC3(F)CC4(CC4)C3)c2C(F)(F)F)CC1. The number of halogens is 6. The van der Waals surface area contributed by atoms with Crippen molar-refractivity contribution >= 4 is 35.1 Å². The predicted molar refractivity (Wildman–Crippen MR) is 152 cm³/mol. The Kier molecular flexibility index (Phi) is 8.59. The summed E-state index contributed by atoms with van der Waals surface area (Å²) < 4.78 is 65.5. The largest absolute Gasteiger partial charge is 0.466 e. The van der Waals surface area contributed by atoms with Crippen LogP contribution in [0.25, 0.3) is 0 Å². The van der Waals surface area contributed by atoms with Gasteiger partial charge in [-0.05, 0) is 82.8 Å². The fourth-order valence-electron chi connectivity index (χ4n) is 6.87. The number of aromatic nitrogens is 2. The van der Waals surface area contributed by atoms with Gasteiger partial charge in [0.25, 0.3) is 5.91 Å². The highest BCUT2D eigenvalue weighted by Gasteiger charge is 2.62. The number of aliphatic hydroxyl groups excluding tert-OH is 1. The van der Waals surface area contributed by atoms with Crippen molar-refractivity contribution in [2.24, 2.45) is 10.8 Å². The maximum Gasteiger partial charge on any atom is 0.433 e. The van der Waals surface area contributed by atoms with E-state index in [0.29, 0.717) is 12.8 Å². The first kappa shape index (κ1) is 32.0. The number of alkyl halides is 4. The fourth-order valence-corrected chi connectivity index (χ4v) is 7.52. The average molecular weight is 649 g/mol. The summed E-state index contributed by atoms with van der Waals surface area (Å²) in [6, 6.07) is 3.82. The summed E-state index contributed by atoms with van der Waals surface area (Å²) in [7, 11) is 0. The van der Waals surface area contributed by atoms with E-state index in [9.17, 15) is 27.9 Å². The Hall–Kier alpha value is -2.37. The van der Waals surface area contributed by atoms with Crippen LogP contribution in [0.3, 0.4) is 0 Å². The number of aliphatic hydroxyl groups is 1. The zero-order valence-corrected chi connectivity index (χ0v) is 25.5. The number of nitrogens with zero attached hydrogens (tertiary/aromatic N) is 3. The number of hydrogen-bond acceptors (Lipinski definition) is 5. The summed E-state index contributed by atoms with van der Waals surface area (Å²) >= 11 is 12.5. The number of carbonyl (C=O) groups is 2. The Labute approximate surface area is 257 Å². The van der Waals surface area contributed by atoms with Crippen molar-refractivity contribution in [2.75, 3.05) is 19.7 Å². The molecule has 3 saturated carbocycles. The molecule has 1 N–H and O–H groups in total. The Morgan fingerprint density at radius 1 is 1.16 bits per heavy atom. The minimum absolute atomic E-state index is 0.0881. The molecule has 236 valence electrons. The van der Waals surface area contributed by atoms with E-state index in [0.717, 1.165) is 28.6 Å². The average Bonchev–Trinajstić information content (AvgIpc) is 3.53. The van der Waals surface area contributed by atoms with Crippen LogP contribution in [-0.4, -0.2) is 57.0 Å². The van der Waals surface area contributed by atoms with Gasteiger partial charge in [-0.3, -0.25) is 14.3 Å². The van der Waals surface area contributed by atoms with Gasteiger partial charge in [0.1, 0.15) is 5.67 Å². The maximum absolute atomic E-state index is 15.8. The van der Waals surface area contributed by atoms with Gasteiger partial charge in [0, 0.05) is 15.6 Å². The minimum atomic E-state index is -4.96. The zero-order chi connectivity index (χ0) is 31.4. The lowest BCUT2D eigenvalue weighted by Crippen LogP contribution is -2.52. The smallest absolute Gasteiger partial charge is 0.433 e. The van der Waals surface area contributed by atoms with Crippen molar-refractivity contribution in [2.45, 2.75) is 89.2 Å². The van der Waals surface area contributed by atoms with E-state index in [2.05, 4.69) is 5.10 Å². The normalized spacial score (nSPS) is 24.7. The molecule has 2 aromatic rings. The molecule has 0 radical (unpaired) electrons. The first-order valence-electron chi connectivity index (χ1n) is 14.5. The molecule has 1 aromatic carbocycles. The van der Waals surface area contributed by atoms with Crippen LogP contribution in [0.5, 0.6) is 0 Å². The molecule has 1 atom stereocenters. The topological polar surface area (TPSA) is 84.7 Å². The molecule has 1 aromatic heterocycles. The molecule has 13 heteroatoms. The molecule has 0 bridgehead atoms. The second kappa shape index (κ2) is 11.5.